The second kappa shape index (κ2) is 6.41. The quantitative estimate of drug-likeness (QED) is 0.501. The normalized spacial score (nSPS) is 12.8. The van der Waals surface area contributed by atoms with E-state index < -0.39 is 0 Å². The molecule has 5 heteroatoms. The van der Waals surface area contributed by atoms with Crippen molar-refractivity contribution in [3.8, 4) is 17.2 Å². The van der Waals surface area contributed by atoms with Crippen LogP contribution in [-0.2, 0) is 11.2 Å². The molecule has 0 saturated heterocycles. The molecule has 0 atom stereocenters. The molecule has 1 aliphatic heterocycles. The summed E-state index contributed by atoms with van der Waals surface area (Å²) in [5.74, 6) is 1.73. The molecule has 0 fully saturated rings. The molecule has 134 valence electrons. The van der Waals surface area contributed by atoms with Gasteiger partial charge in [0.1, 0.15) is 11.3 Å². The summed E-state index contributed by atoms with van der Waals surface area (Å²) >= 11 is 0. The summed E-state index contributed by atoms with van der Waals surface area (Å²) in [6.45, 7) is 6.57. The van der Waals surface area contributed by atoms with E-state index >= 15 is 0 Å². The van der Waals surface area contributed by atoms with Gasteiger partial charge in [-0.2, -0.15) is 0 Å². The maximum Gasteiger partial charge on any atom is 0.315 e. The lowest BCUT2D eigenvalue weighted by Crippen LogP contribution is -2.11. The summed E-state index contributed by atoms with van der Waals surface area (Å²) < 4.78 is 21.6. The Hall–Kier alpha value is -2.95. The maximum absolute atomic E-state index is 12.4. The zero-order chi connectivity index (χ0) is 18.3. The van der Waals surface area contributed by atoms with Gasteiger partial charge in [0.05, 0.1) is 12.7 Å². The van der Waals surface area contributed by atoms with Crippen molar-refractivity contribution in [3.05, 3.63) is 53.3 Å². The minimum Gasteiger partial charge on any atom is -0.464 e. The topological polar surface area (TPSA) is 57.9 Å². The van der Waals surface area contributed by atoms with E-state index in [1.807, 2.05) is 6.07 Å². The Bertz CT molecular complexity index is 983. The van der Waals surface area contributed by atoms with E-state index in [-0.39, 0.29) is 19.2 Å². The Balaban J connectivity index is 1.55. The summed E-state index contributed by atoms with van der Waals surface area (Å²) in [6, 6.07) is 9.22. The lowest BCUT2D eigenvalue weighted by Gasteiger charge is -2.10. The van der Waals surface area contributed by atoms with E-state index in [4.69, 9.17) is 18.6 Å². The van der Waals surface area contributed by atoms with Gasteiger partial charge >= 0.3 is 5.97 Å². The van der Waals surface area contributed by atoms with Gasteiger partial charge in [0, 0.05) is 17.0 Å². The number of rotatable bonds is 4. The van der Waals surface area contributed by atoms with E-state index in [1.54, 1.807) is 24.5 Å². The van der Waals surface area contributed by atoms with Crippen molar-refractivity contribution in [1.82, 2.24) is 0 Å². The molecule has 1 aromatic heterocycles. The van der Waals surface area contributed by atoms with Crippen molar-refractivity contribution in [2.24, 2.45) is 0 Å². The van der Waals surface area contributed by atoms with Gasteiger partial charge in [-0.25, -0.2) is 0 Å². The van der Waals surface area contributed by atoms with Crippen LogP contribution in [0.15, 0.2) is 41.0 Å². The third-order valence-corrected chi connectivity index (χ3v) is 4.57. The van der Waals surface area contributed by atoms with E-state index in [0.717, 1.165) is 16.5 Å². The maximum atomic E-state index is 12.4. The summed E-state index contributed by atoms with van der Waals surface area (Å²) in [5, 5.41) is 0.960. The monoisotopic (exact) mass is 352 g/mol. The van der Waals surface area contributed by atoms with Gasteiger partial charge < -0.3 is 18.6 Å². The standard InChI is InChI=1S/C21H20O5/c1-12(2)16-9-17-14(10-23-19(17)6-13(16)3)7-21(22)26-15-4-5-18-20(8-15)25-11-24-18/h4-6,8-10,12H,7,11H2,1-3H3. The fourth-order valence-corrected chi connectivity index (χ4v) is 3.27. The van der Waals surface area contributed by atoms with Gasteiger partial charge in [0.2, 0.25) is 6.79 Å². The highest BCUT2D eigenvalue weighted by Gasteiger charge is 2.17. The molecule has 0 aliphatic carbocycles. The molecular weight excluding hydrogens is 332 g/mol. The Morgan fingerprint density at radius 3 is 2.77 bits per heavy atom. The summed E-state index contributed by atoms with van der Waals surface area (Å²) in [6.07, 6.45) is 1.77. The van der Waals surface area contributed by atoms with Crippen LogP contribution in [-0.4, -0.2) is 12.8 Å². The smallest absolute Gasteiger partial charge is 0.315 e. The second-order valence-corrected chi connectivity index (χ2v) is 6.79. The first kappa shape index (κ1) is 16.5. The van der Waals surface area contributed by atoms with Crippen molar-refractivity contribution in [2.75, 3.05) is 6.79 Å². The Kier molecular flexibility index (Phi) is 4.07. The average Bonchev–Trinajstić information content (AvgIpc) is 3.20. The first-order valence-corrected chi connectivity index (χ1v) is 8.62. The molecule has 0 amide bonds. The van der Waals surface area contributed by atoms with Crippen molar-refractivity contribution < 1.29 is 23.4 Å². The molecule has 0 N–H and O–H groups in total. The summed E-state index contributed by atoms with van der Waals surface area (Å²) in [4.78, 5) is 12.4. The zero-order valence-corrected chi connectivity index (χ0v) is 15.0. The van der Waals surface area contributed by atoms with Gasteiger partial charge in [0.25, 0.3) is 0 Å². The van der Waals surface area contributed by atoms with Crippen LogP contribution in [0.4, 0.5) is 0 Å². The fraction of sp³-hybridized carbons (Fsp3) is 0.286. The minimum absolute atomic E-state index is 0.141. The van der Waals surface area contributed by atoms with Crippen molar-refractivity contribution in [2.45, 2.75) is 33.1 Å². The average molecular weight is 352 g/mol. The van der Waals surface area contributed by atoms with Gasteiger partial charge in [-0.3, -0.25) is 4.79 Å². The summed E-state index contributed by atoms with van der Waals surface area (Å²) in [7, 11) is 0. The second-order valence-electron chi connectivity index (χ2n) is 6.79. The molecule has 0 saturated carbocycles. The Morgan fingerprint density at radius 1 is 1.15 bits per heavy atom. The van der Waals surface area contributed by atoms with E-state index in [2.05, 4.69) is 26.8 Å². The molecule has 2 heterocycles. The molecule has 3 aromatic rings. The number of carbonyl (C=O) groups is 1. The molecule has 0 bridgehead atoms. The number of furan rings is 1. The largest absolute Gasteiger partial charge is 0.464 e. The predicted molar refractivity (Wildman–Crippen MR) is 96.9 cm³/mol. The molecule has 0 spiro atoms. The number of carbonyl (C=O) groups excluding carboxylic acids is 1. The summed E-state index contributed by atoms with van der Waals surface area (Å²) in [5.41, 5.74) is 4.06. The lowest BCUT2D eigenvalue weighted by atomic mass is 9.95. The van der Waals surface area contributed by atoms with Crippen LogP contribution in [0.3, 0.4) is 0 Å². The van der Waals surface area contributed by atoms with Crippen LogP contribution in [0.5, 0.6) is 17.2 Å². The molecule has 4 rings (SSSR count). The number of aryl methyl sites for hydroxylation is 1. The van der Waals surface area contributed by atoms with Gasteiger partial charge in [0.15, 0.2) is 11.5 Å². The molecule has 5 nitrogen and oxygen atoms in total. The number of fused-ring (bicyclic) bond motifs is 2. The van der Waals surface area contributed by atoms with Gasteiger partial charge in [-0.1, -0.05) is 13.8 Å². The van der Waals surface area contributed by atoms with Crippen molar-refractivity contribution >= 4 is 16.9 Å². The molecule has 26 heavy (non-hydrogen) atoms. The van der Waals surface area contributed by atoms with Crippen LogP contribution in [0.1, 0.15) is 36.5 Å². The SMILES string of the molecule is Cc1cc2occ(CC(=O)Oc3ccc4c(c3)OCO4)c2cc1C(C)C. The number of ether oxygens (including phenoxy) is 3. The lowest BCUT2D eigenvalue weighted by molar-refractivity contribution is -0.133. The van der Waals surface area contributed by atoms with Gasteiger partial charge in [-0.05, 0) is 48.2 Å². The van der Waals surface area contributed by atoms with Crippen LogP contribution >= 0.6 is 0 Å². The first-order valence-electron chi connectivity index (χ1n) is 8.62. The fourth-order valence-electron chi connectivity index (χ4n) is 3.27. The molecule has 2 aromatic carbocycles. The van der Waals surface area contributed by atoms with Crippen molar-refractivity contribution in [1.29, 1.82) is 0 Å². The molecule has 0 unspecified atom stereocenters. The number of esters is 1. The van der Waals surface area contributed by atoms with Crippen LogP contribution in [0.25, 0.3) is 11.0 Å². The molecule has 0 radical (unpaired) electrons. The van der Waals surface area contributed by atoms with Gasteiger partial charge in [-0.15, -0.1) is 0 Å². The minimum atomic E-state index is -0.349. The Morgan fingerprint density at radius 2 is 1.96 bits per heavy atom. The predicted octanol–water partition coefficient (Wildman–Crippen LogP) is 4.74. The number of hydrogen-bond acceptors (Lipinski definition) is 5. The first-order chi connectivity index (χ1) is 12.5. The molecule has 1 aliphatic rings. The van der Waals surface area contributed by atoms with E-state index in [9.17, 15) is 4.79 Å². The highest BCUT2D eigenvalue weighted by atomic mass is 16.7. The molecular formula is C21H20O5. The van der Waals surface area contributed by atoms with Crippen LogP contribution in [0.2, 0.25) is 0 Å². The Labute approximate surface area is 151 Å². The number of hydrogen-bond donors (Lipinski definition) is 0. The van der Waals surface area contributed by atoms with Crippen LogP contribution in [0, 0.1) is 6.92 Å². The third-order valence-electron chi connectivity index (χ3n) is 4.57. The highest BCUT2D eigenvalue weighted by molar-refractivity contribution is 5.87. The highest BCUT2D eigenvalue weighted by Crippen LogP contribution is 2.35. The number of benzene rings is 2. The zero-order valence-electron chi connectivity index (χ0n) is 15.0. The van der Waals surface area contributed by atoms with Crippen LogP contribution < -0.4 is 14.2 Å². The van der Waals surface area contributed by atoms with E-state index in [0.29, 0.717) is 23.2 Å². The third kappa shape index (κ3) is 3.01. The van der Waals surface area contributed by atoms with Crippen molar-refractivity contribution in [3.63, 3.8) is 0 Å². The van der Waals surface area contributed by atoms with E-state index in [1.165, 1.54) is 11.1 Å².